The van der Waals surface area contributed by atoms with Crippen LogP contribution < -0.4 is 0 Å². The van der Waals surface area contributed by atoms with Gasteiger partial charge in [0.2, 0.25) is 0 Å². The molecule has 0 atom stereocenters. The highest BCUT2D eigenvalue weighted by molar-refractivity contribution is 5.95. The molecule has 0 spiro atoms. The number of fused-ring (bicyclic) bond motifs is 1. The maximum atomic E-state index is 14.2. The van der Waals surface area contributed by atoms with Crippen molar-refractivity contribution in [3.63, 3.8) is 0 Å². The number of rotatable bonds is 6. The van der Waals surface area contributed by atoms with Gasteiger partial charge in [-0.05, 0) is 42.0 Å². The maximum absolute atomic E-state index is 14.2. The second kappa shape index (κ2) is 7.21. The van der Waals surface area contributed by atoms with E-state index in [0.29, 0.717) is 10.9 Å². The Morgan fingerprint density at radius 2 is 1.95 bits per heavy atom. The number of unbranched alkanes of at least 4 members (excludes halogenated alkanes) is 3. The minimum Gasteiger partial charge on any atom is -0.465 e. The van der Waals surface area contributed by atoms with Crippen molar-refractivity contribution < 1.29 is 13.9 Å². The molecule has 0 aliphatic carbocycles. The number of halogens is 1. The summed E-state index contributed by atoms with van der Waals surface area (Å²) in [5.41, 5.74) is 1.39. The van der Waals surface area contributed by atoms with E-state index in [2.05, 4.69) is 11.7 Å². The number of benzene rings is 2. The zero-order valence-electron chi connectivity index (χ0n) is 12.6. The van der Waals surface area contributed by atoms with Gasteiger partial charge in [-0.3, -0.25) is 0 Å². The van der Waals surface area contributed by atoms with Gasteiger partial charge in [-0.15, -0.1) is 0 Å². The summed E-state index contributed by atoms with van der Waals surface area (Å²) in [7, 11) is 1.32. The third-order valence-corrected chi connectivity index (χ3v) is 3.70. The molecule has 0 saturated carbocycles. The molecule has 2 rings (SSSR count). The first kappa shape index (κ1) is 15.5. The number of ether oxygens (including phenoxy) is 1. The van der Waals surface area contributed by atoms with E-state index in [1.54, 1.807) is 24.3 Å². The highest BCUT2D eigenvalue weighted by Crippen LogP contribution is 2.23. The van der Waals surface area contributed by atoms with Crippen molar-refractivity contribution in [2.75, 3.05) is 7.11 Å². The van der Waals surface area contributed by atoms with Gasteiger partial charge in [-0.25, -0.2) is 9.18 Å². The summed E-state index contributed by atoms with van der Waals surface area (Å²) < 4.78 is 18.9. The number of carbonyl (C=O) groups is 1. The van der Waals surface area contributed by atoms with Gasteiger partial charge < -0.3 is 4.74 Å². The van der Waals surface area contributed by atoms with Gasteiger partial charge in [0.1, 0.15) is 5.82 Å². The average Bonchev–Trinajstić information content (AvgIpc) is 2.50. The minimum absolute atomic E-state index is 0.274. The van der Waals surface area contributed by atoms with Crippen LogP contribution in [-0.2, 0) is 11.2 Å². The second-order valence-corrected chi connectivity index (χ2v) is 5.32. The second-order valence-electron chi connectivity index (χ2n) is 5.32. The van der Waals surface area contributed by atoms with Crippen molar-refractivity contribution in [3.05, 3.63) is 47.3 Å². The van der Waals surface area contributed by atoms with Crippen LogP contribution in [0.5, 0.6) is 0 Å². The molecule has 2 nitrogen and oxygen atoms in total. The molecule has 0 aliphatic heterocycles. The normalized spacial score (nSPS) is 10.8. The number of hydrogen-bond donors (Lipinski definition) is 0. The van der Waals surface area contributed by atoms with E-state index in [-0.39, 0.29) is 5.82 Å². The molecule has 0 aromatic heterocycles. The molecule has 0 N–H and O–H groups in total. The van der Waals surface area contributed by atoms with Crippen LogP contribution in [-0.4, -0.2) is 13.1 Å². The fourth-order valence-corrected chi connectivity index (χ4v) is 2.52. The first-order chi connectivity index (χ1) is 10.2. The Hall–Kier alpha value is -1.90. The largest absolute Gasteiger partial charge is 0.465 e. The lowest BCUT2D eigenvalue weighted by Gasteiger charge is -2.07. The molecule has 0 aliphatic rings. The number of hydrogen-bond acceptors (Lipinski definition) is 2. The van der Waals surface area contributed by atoms with Crippen LogP contribution in [0, 0.1) is 5.82 Å². The predicted molar refractivity (Wildman–Crippen MR) is 83.1 cm³/mol. The Morgan fingerprint density at radius 3 is 2.67 bits per heavy atom. The van der Waals surface area contributed by atoms with Crippen molar-refractivity contribution in [2.45, 2.75) is 39.0 Å². The summed E-state index contributed by atoms with van der Waals surface area (Å²) in [6, 6.07) is 8.59. The molecule has 0 radical (unpaired) electrons. The molecule has 2 aromatic rings. The summed E-state index contributed by atoms with van der Waals surface area (Å²) >= 11 is 0. The fourth-order valence-electron chi connectivity index (χ4n) is 2.52. The van der Waals surface area contributed by atoms with E-state index in [1.807, 2.05) is 6.07 Å². The van der Waals surface area contributed by atoms with Gasteiger partial charge in [-0.2, -0.15) is 0 Å². The highest BCUT2D eigenvalue weighted by Gasteiger charge is 2.09. The smallest absolute Gasteiger partial charge is 0.337 e. The Kier molecular flexibility index (Phi) is 5.32. The standard InChI is InChI=1S/C18H21FO2/c1-3-4-5-6-7-13-10-14-8-9-15(18(20)21-2)12-16(14)17(19)11-13/h8-12H,3-7H2,1-2H3. The lowest BCUT2D eigenvalue weighted by Crippen LogP contribution is -2.01. The fraction of sp³-hybridized carbons (Fsp3) is 0.389. The lowest BCUT2D eigenvalue weighted by atomic mass is 10.00. The molecule has 0 heterocycles. The first-order valence-corrected chi connectivity index (χ1v) is 7.46. The Morgan fingerprint density at radius 1 is 1.14 bits per heavy atom. The molecular weight excluding hydrogens is 267 g/mol. The third-order valence-electron chi connectivity index (χ3n) is 3.70. The highest BCUT2D eigenvalue weighted by atomic mass is 19.1. The van der Waals surface area contributed by atoms with Gasteiger partial charge in [0.05, 0.1) is 12.7 Å². The van der Waals surface area contributed by atoms with Crippen LogP contribution >= 0.6 is 0 Å². The van der Waals surface area contributed by atoms with Gasteiger partial charge >= 0.3 is 5.97 Å². The number of methoxy groups -OCH3 is 1. The van der Waals surface area contributed by atoms with E-state index in [4.69, 9.17) is 0 Å². The third kappa shape index (κ3) is 3.81. The van der Waals surface area contributed by atoms with Gasteiger partial charge in [-0.1, -0.05) is 38.3 Å². The molecule has 2 aromatic carbocycles. The Labute approximate surface area is 124 Å². The van der Waals surface area contributed by atoms with E-state index < -0.39 is 5.97 Å². The van der Waals surface area contributed by atoms with Crippen LogP contribution in [0.15, 0.2) is 30.3 Å². The SMILES string of the molecule is CCCCCCc1cc(F)c2cc(C(=O)OC)ccc2c1. The van der Waals surface area contributed by atoms with Crippen LogP contribution in [0.1, 0.15) is 48.5 Å². The molecular formula is C18H21FO2. The molecule has 3 heteroatoms. The van der Waals surface area contributed by atoms with Crippen molar-refractivity contribution in [1.29, 1.82) is 0 Å². The van der Waals surface area contributed by atoms with E-state index in [9.17, 15) is 9.18 Å². The van der Waals surface area contributed by atoms with Crippen molar-refractivity contribution in [1.82, 2.24) is 0 Å². The molecule has 0 amide bonds. The van der Waals surface area contributed by atoms with Crippen molar-refractivity contribution >= 4 is 16.7 Å². The maximum Gasteiger partial charge on any atom is 0.337 e. The summed E-state index contributed by atoms with van der Waals surface area (Å²) in [6.07, 6.45) is 5.57. The van der Waals surface area contributed by atoms with Crippen LogP contribution in [0.25, 0.3) is 10.8 Å². The summed E-state index contributed by atoms with van der Waals surface area (Å²) in [4.78, 5) is 11.5. The Balaban J connectivity index is 2.23. The Bertz CT molecular complexity index is 634. The van der Waals surface area contributed by atoms with Crippen molar-refractivity contribution in [3.8, 4) is 0 Å². The molecule has 21 heavy (non-hydrogen) atoms. The summed E-state index contributed by atoms with van der Waals surface area (Å²) in [5, 5.41) is 1.29. The van der Waals surface area contributed by atoms with Gasteiger partial charge in [0, 0.05) is 5.39 Å². The monoisotopic (exact) mass is 288 g/mol. The van der Waals surface area contributed by atoms with E-state index >= 15 is 0 Å². The van der Waals surface area contributed by atoms with E-state index in [0.717, 1.165) is 23.8 Å². The molecule has 0 fully saturated rings. The van der Waals surface area contributed by atoms with Crippen molar-refractivity contribution in [2.24, 2.45) is 0 Å². The molecule has 112 valence electrons. The lowest BCUT2D eigenvalue weighted by molar-refractivity contribution is 0.0601. The van der Waals surface area contributed by atoms with Gasteiger partial charge in [0.25, 0.3) is 0 Å². The zero-order valence-corrected chi connectivity index (χ0v) is 12.6. The van der Waals surface area contributed by atoms with E-state index in [1.165, 1.54) is 26.4 Å². The first-order valence-electron chi connectivity index (χ1n) is 7.46. The van der Waals surface area contributed by atoms with Crippen LogP contribution in [0.2, 0.25) is 0 Å². The number of carbonyl (C=O) groups excluding carboxylic acids is 1. The molecule has 0 unspecified atom stereocenters. The van der Waals surface area contributed by atoms with Gasteiger partial charge in [0.15, 0.2) is 0 Å². The number of aryl methyl sites for hydroxylation is 1. The predicted octanol–water partition coefficient (Wildman–Crippen LogP) is 4.89. The van der Waals surface area contributed by atoms with Crippen LogP contribution in [0.4, 0.5) is 4.39 Å². The zero-order chi connectivity index (χ0) is 15.2. The topological polar surface area (TPSA) is 26.3 Å². The summed E-state index contributed by atoms with van der Waals surface area (Å²) in [5.74, 6) is -0.719. The molecule has 0 saturated heterocycles. The molecule has 0 bridgehead atoms. The van der Waals surface area contributed by atoms with Crippen LogP contribution in [0.3, 0.4) is 0 Å². The summed E-state index contributed by atoms with van der Waals surface area (Å²) in [6.45, 7) is 2.18. The minimum atomic E-state index is -0.444. The number of esters is 1. The quantitative estimate of drug-likeness (QED) is 0.559. The average molecular weight is 288 g/mol.